The molecule has 0 saturated heterocycles. The standard InChI is InChI=1S/C12H15NO3/c13-11(8-14)7-10(12(15)16)6-9-4-2-1-3-5-9/h1-5,8,10-11H,6-7,13H2,(H,15,16)/t10?,11-/m0/s1. The van der Waals surface area contributed by atoms with Crippen molar-refractivity contribution in [1.29, 1.82) is 0 Å². The zero-order valence-electron chi connectivity index (χ0n) is 8.87. The average molecular weight is 221 g/mol. The first-order valence-electron chi connectivity index (χ1n) is 5.11. The van der Waals surface area contributed by atoms with Gasteiger partial charge in [0, 0.05) is 0 Å². The summed E-state index contributed by atoms with van der Waals surface area (Å²) in [6.07, 6.45) is 1.16. The molecule has 4 nitrogen and oxygen atoms in total. The quantitative estimate of drug-likeness (QED) is 0.698. The first-order chi connectivity index (χ1) is 7.63. The molecule has 1 aromatic rings. The highest BCUT2D eigenvalue weighted by Gasteiger charge is 2.20. The van der Waals surface area contributed by atoms with E-state index in [0.717, 1.165) is 5.56 Å². The summed E-state index contributed by atoms with van der Waals surface area (Å²) >= 11 is 0. The number of carboxylic acids is 1. The lowest BCUT2D eigenvalue weighted by molar-refractivity contribution is -0.142. The van der Waals surface area contributed by atoms with Crippen molar-refractivity contribution in [3.63, 3.8) is 0 Å². The van der Waals surface area contributed by atoms with Gasteiger partial charge in [-0.3, -0.25) is 4.79 Å². The zero-order valence-corrected chi connectivity index (χ0v) is 8.87. The van der Waals surface area contributed by atoms with Gasteiger partial charge in [0.15, 0.2) is 0 Å². The Morgan fingerprint density at radius 2 is 2.00 bits per heavy atom. The summed E-state index contributed by atoms with van der Waals surface area (Å²) in [7, 11) is 0. The Morgan fingerprint density at radius 3 is 2.50 bits per heavy atom. The van der Waals surface area contributed by atoms with E-state index in [1.807, 2.05) is 30.3 Å². The summed E-state index contributed by atoms with van der Waals surface area (Å²) in [6.45, 7) is 0. The van der Waals surface area contributed by atoms with Crippen LogP contribution in [-0.2, 0) is 16.0 Å². The number of nitrogens with two attached hydrogens (primary N) is 1. The molecule has 2 atom stereocenters. The Balaban J connectivity index is 2.65. The first-order valence-corrected chi connectivity index (χ1v) is 5.11. The fraction of sp³-hybridized carbons (Fsp3) is 0.333. The highest BCUT2D eigenvalue weighted by Crippen LogP contribution is 2.13. The van der Waals surface area contributed by atoms with Crippen molar-refractivity contribution in [2.75, 3.05) is 0 Å². The lowest BCUT2D eigenvalue weighted by atomic mass is 9.93. The zero-order chi connectivity index (χ0) is 12.0. The molecule has 3 N–H and O–H groups in total. The van der Waals surface area contributed by atoms with Crippen LogP contribution in [0.4, 0.5) is 0 Å². The predicted octanol–water partition coefficient (Wildman–Crippen LogP) is 0.846. The van der Waals surface area contributed by atoms with Crippen LogP contribution in [-0.4, -0.2) is 23.4 Å². The van der Waals surface area contributed by atoms with E-state index in [1.165, 1.54) is 0 Å². The number of benzene rings is 1. The number of hydrogen-bond donors (Lipinski definition) is 2. The van der Waals surface area contributed by atoms with E-state index in [-0.39, 0.29) is 6.42 Å². The Hall–Kier alpha value is -1.68. The van der Waals surface area contributed by atoms with E-state index in [1.54, 1.807) is 0 Å². The summed E-state index contributed by atoms with van der Waals surface area (Å²) in [5.74, 6) is -1.52. The molecule has 1 aromatic carbocycles. The van der Waals surface area contributed by atoms with Crippen molar-refractivity contribution in [2.24, 2.45) is 11.7 Å². The Morgan fingerprint density at radius 1 is 1.38 bits per heavy atom. The van der Waals surface area contributed by atoms with Gasteiger partial charge >= 0.3 is 5.97 Å². The number of carboxylic acid groups (broad SMARTS) is 1. The summed E-state index contributed by atoms with van der Waals surface area (Å²) in [6, 6.07) is 8.60. The van der Waals surface area contributed by atoms with Gasteiger partial charge in [-0.2, -0.15) is 0 Å². The minimum atomic E-state index is -0.916. The number of hydrogen-bond acceptors (Lipinski definition) is 3. The number of carbonyl (C=O) groups is 2. The smallest absolute Gasteiger partial charge is 0.306 e. The Kier molecular flexibility index (Phi) is 4.66. The topological polar surface area (TPSA) is 80.4 Å². The molecule has 0 fully saturated rings. The Bertz CT molecular complexity index is 351. The third-order valence-corrected chi connectivity index (χ3v) is 2.41. The molecule has 0 amide bonds. The van der Waals surface area contributed by atoms with Crippen LogP contribution in [0.15, 0.2) is 30.3 Å². The van der Waals surface area contributed by atoms with Gasteiger partial charge in [-0.15, -0.1) is 0 Å². The van der Waals surface area contributed by atoms with Crippen molar-refractivity contribution in [1.82, 2.24) is 0 Å². The highest BCUT2D eigenvalue weighted by molar-refractivity contribution is 5.71. The maximum Gasteiger partial charge on any atom is 0.306 e. The molecule has 0 saturated carbocycles. The highest BCUT2D eigenvalue weighted by atomic mass is 16.4. The second-order valence-corrected chi connectivity index (χ2v) is 3.76. The first kappa shape index (κ1) is 12.4. The maximum absolute atomic E-state index is 11.0. The minimum absolute atomic E-state index is 0.174. The van der Waals surface area contributed by atoms with Crippen LogP contribution < -0.4 is 5.73 Å². The van der Waals surface area contributed by atoms with Crippen LogP contribution in [0.1, 0.15) is 12.0 Å². The van der Waals surface area contributed by atoms with Gasteiger partial charge in [0.2, 0.25) is 0 Å². The lowest BCUT2D eigenvalue weighted by Gasteiger charge is -2.13. The molecule has 0 radical (unpaired) electrons. The molecule has 86 valence electrons. The van der Waals surface area contributed by atoms with Gasteiger partial charge in [-0.05, 0) is 18.4 Å². The van der Waals surface area contributed by atoms with Crippen LogP contribution in [0.5, 0.6) is 0 Å². The molecular formula is C12H15NO3. The van der Waals surface area contributed by atoms with Gasteiger partial charge in [-0.25, -0.2) is 0 Å². The fourth-order valence-corrected chi connectivity index (χ4v) is 1.55. The normalized spacial score (nSPS) is 14.1. The number of aldehydes is 1. The van der Waals surface area contributed by atoms with E-state index in [2.05, 4.69) is 0 Å². The predicted molar refractivity (Wildman–Crippen MR) is 59.9 cm³/mol. The molecule has 0 aliphatic carbocycles. The van der Waals surface area contributed by atoms with Gasteiger partial charge in [0.05, 0.1) is 12.0 Å². The molecule has 16 heavy (non-hydrogen) atoms. The van der Waals surface area contributed by atoms with Crippen LogP contribution >= 0.6 is 0 Å². The van der Waals surface area contributed by atoms with Gasteiger partial charge in [-0.1, -0.05) is 30.3 Å². The van der Waals surface area contributed by atoms with Crippen LogP contribution in [0.2, 0.25) is 0 Å². The molecule has 0 spiro atoms. The second-order valence-electron chi connectivity index (χ2n) is 3.76. The molecule has 0 bridgehead atoms. The third-order valence-electron chi connectivity index (χ3n) is 2.41. The third kappa shape index (κ3) is 3.82. The van der Waals surface area contributed by atoms with Crippen molar-refractivity contribution in [3.05, 3.63) is 35.9 Å². The van der Waals surface area contributed by atoms with E-state index in [0.29, 0.717) is 12.7 Å². The van der Waals surface area contributed by atoms with Gasteiger partial charge in [0.25, 0.3) is 0 Å². The van der Waals surface area contributed by atoms with Crippen molar-refractivity contribution in [2.45, 2.75) is 18.9 Å². The van der Waals surface area contributed by atoms with Crippen LogP contribution in [0.25, 0.3) is 0 Å². The van der Waals surface area contributed by atoms with E-state index in [4.69, 9.17) is 10.8 Å². The summed E-state index contributed by atoms with van der Waals surface area (Å²) < 4.78 is 0. The molecular weight excluding hydrogens is 206 g/mol. The average Bonchev–Trinajstić information content (AvgIpc) is 2.29. The number of rotatable bonds is 6. The molecule has 0 aliphatic rings. The summed E-state index contributed by atoms with van der Waals surface area (Å²) in [5.41, 5.74) is 6.37. The molecule has 0 aliphatic heterocycles. The van der Waals surface area contributed by atoms with E-state index in [9.17, 15) is 9.59 Å². The van der Waals surface area contributed by atoms with Crippen molar-refractivity contribution in [3.8, 4) is 0 Å². The van der Waals surface area contributed by atoms with Crippen molar-refractivity contribution >= 4 is 12.3 Å². The van der Waals surface area contributed by atoms with E-state index >= 15 is 0 Å². The Labute approximate surface area is 94.1 Å². The molecule has 1 unspecified atom stereocenters. The lowest BCUT2D eigenvalue weighted by Crippen LogP contribution is -2.29. The molecule has 0 aromatic heterocycles. The van der Waals surface area contributed by atoms with Crippen LogP contribution in [0.3, 0.4) is 0 Å². The molecule has 1 rings (SSSR count). The summed E-state index contributed by atoms with van der Waals surface area (Å²) in [5, 5.41) is 9.01. The monoisotopic (exact) mass is 221 g/mol. The SMILES string of the molecule is N[C@H](C=O)CC(Cc1ccccc1)C(=O)O. The molecule has 0 heterocycles. The fourth-order valence-electron chi connectivity index (χ4n) is 1.55. The maximum atomic E-state index is 11.0. The minimum Gasteiger partial charge on any atom is -0.481 e. The second kappa shape index (κ2) is 6.02. The number of carbonyl (C=O) groups excluding carboxylic acids is 1. The molecule has 4 heteroatoms. The summed E-state index contributed by atoms with van der Waals surface area (Å²) in [4.78, 5) is 21.4. The van der Waals surface area contributed by atoms with E-state index < -0.39 is 17.9 Å². The van der Waals surface area contributed by atoms with Crippen LogP contribution in [0, 0.1) is 5.92 Å². The van der Waals surface area contributed by atoms with Crippen molar-refractivity contribution < 1.29 is 14.7 Å². The number of aliphatic carboxylic acids is 1. The largest absolute Gasteiger partial charge is 0.481 e. The van der Waals surface area contributed by atoms with Gasteiger partial charge < -0.3 is 15.6 Å². The van der Waals surface area contributed by atoms with Gasteiger partial charge in [0.1, 0.15) is 6.29 Å².